The van der Waals surface area contributed by atoms with E-state index in [1.165, 1.54) is 12.8 Å². The quantitative estimate of drug-likeness (QED) is 0.531. The average Bonchev–Trinajstić information content (AvgIpc) is 3.70. The molecule has 1 aromatic carbocycles. The fourth-order valence-electron chi connectivity index (χ4n) is 5.84. The number of aromatic nitrogens is 5. The van der Waals surface area contributed by atoms with E-state index in [0.717, 1.165) is 36.6 Å². The SMILES string of the molecule is CCC1c2nncn2-c2cnc(Nc3ccc(C(=O)N4CCC(F)C4)cc3OC)nc2N1C1CCCC1. The summed E-state index contributed by atoms with van der Waals surface area (Å²) in [5, 5.41) is 11.9. The Labute approximate surface area is 214 Å². The summed E-state index contributed by atoms with van der Waals surface area (Å²) in [6.07, 6.45) is 8.51. The van der Waals surface area contributed by atoms with E-state index >= 15 is 0 Å². The first-order chi connectivity index (χ1) is 18.1. The Hall–Kier alpha value is -3.76. The van der Waals surface area contributed by atoms with Crippen molar-refractivity contribution >= 4 is 23.4 Å². The number of fused-ring (bicyclic) bond motifs is 3. The van der Waals surface area contributed by atoms with Crippen LogP contribution < -0.4 is 15.0 Å². The van der Waals surface area contributed by atoms with Gasteiger partial charge in [-0.15, -0.1) is 10.2 Å². The van der Waals surface area contributed by atoms with Gasteiger partial charge >= 0.3 is 0 Å². The molecule has 0 spiro atoms. The van der Waals surface area contributed by atoms with Gasteiger partial charge in [0.25, 0.3) is 5.91 Å². The van der Waals surface area contributed by atoms with Crippen molar-refractivity contribution < 1.29 is 13.9 Å². The Bertz CT molecular complexity index is 1310. The summed E-state index contributed by atoms with van der Waals surface area (Å²) in [4.78, 5) is 26.3. The zero-order valence-electron chi connectivity index (χ0n) is 21.1. The Morgan fingerprint density at radius 3 is 2.81 bits per heavy atom. The van der Waals surface area contributed by atoms with Crippen molar-refractivity contribution in [3.05, 3.63) is 42.1 Å². The van der Waals surface area contributed by atoms with Crippen LogP contribution in [-0.4, -0.2) is 68.0 Å². The highest BCUT2D eigenvalue weighted by molar-refractivity contribution is 5.95. The number of alkyl halides is 1. The molecule has 37 heavy (non-hydrogen) atoms. The highest BCUT2D eigenvalue weighted by Gasteiger charge is 2.38. The second kappa shape index (κ2) is 9.60. The van der Waals surface area contributed by atoms with Gasteiger partial charge in [-0.1, -0.05) is 19.8 Å². The molecule has 4 heterocycles. The van der Waals surface area contributed by atoms with E-state index in [1.54, 1.807) is 42.7 Å². The van der Waals surface area contributed by atoms with Gasteiger partial charge in [0.15, 0.2) is 11.6 Å². The minimum atomic E-state index is -0.960. The van der Waals surface area contributed by atoms with Crippen LogP contribution >= 0.6 is 0 Å². The molecule has 0 bridgehead atoms. The predicted octanol–water partition coefficient (Wildman–Crippen LogP) is 4.21. The minimum Gasteiger partial charge on any atom is -0.495 e. The summed E-state index contributed by atoms with van der Waals surface area (Å²) in [5.74, 6) is 2.51. The number of hydrogen-bond donors (Lipinski definition) is 1. The molecule has 10 nitrogen and oxygen atoms in total. The van der Waals surface area contributed by atoms with Gasteiger partial charge in [0, 0.05) is 18.2 Å². The van der Waals surface area contributed by atoms with E-state index in [9.17, 15) is 9.18 Å². The molecule has 6 rings (SSSR count). The smallest absolute Gasteiger partial charge is 0.254 e. The highest BCUT2D eigenvalue weighted by atomic mass is 19.1. The van der Waals surface area contributed by atoms with Crippen LogP contribution in [0.25, 0.3) is 5.69 Å². The van der Waals surface area contributed by atoms with Crippen molar-refractivity contribution in [2.75, 3.05) is 30.4 Å². The number of carbonyl (C=O) groups excluding carboxylic acids is 1. The Morgan fingerprint density at radius 1 is 1.24 bits per heavy atom. The molecular formula is C26H31FN8O2. The van der Waals surface area contributed by atoms with Crippen LogP contribution in [0, 0.1) is 0 Å². The first kappa shape index (κ1) is 23.6. The summed E-state index contributed by atoms with van der Waals surface area (Å²) in [6, 6.07) is 5.66. The van der Waals surface area contributed by atoms with E-state index in [4.69, 9.17) is 9.72 Å². The molecule has 3 aromatic rings. The summed E-state index contributed by atoms with van der Waals surface area (Å²) in [6.45, 7) is 2.73. The average molecular weight is 507 g/mol. The molecule has 3 aliphatic rings. The third kappa shape index (κ3) is 4.15. The first-order valence-electron chi connectivity index (χ1n) is 13.0. The summed E-state index contributed by atoms with van der Waals surface area (Å²) >= 11 is 0. The van der Waals surface area contributed by atoms with Gasteiger partial charge in [0.1, 0.15) is 23.9 Å². The molecule has 2 unspecified atom stereocenters. The van der Waals surface area contributed by atoms with Gasteiger partial charge in [-0.2, -0.15) is 4.98 Å². The van der Waals surface area contributed by atoms with Crippen molar-refractivity contribution in [3.8, 4) is 11.4 Å². The lowest BCUT2D eigenvalue weighted by atomic mass is 10.0. The summed E-state index contributed by atoms with van der Waals surface area (Å²) in [7, 11) is 1.55. The van der Waals surface area contributed by atoms with Crippen LogP contribution in [0.3, 0.4) is 0 Å². The Kier molecular flexibility index (Phi) is 6.13. The Balaban J connectivity index is 1.32. The van der Waals surface area contributed by atoms with Crippen LogP contribution in [-0.2, 0) is 0 Å². The fraction of sp³-hybridized carbons (Fsp3) is 0.500. The molecule has 1 saturated heterocycles. The van der Waals surface area contributed by atoms with Crippen LogP contribution in [0.4, 0.5) is 21.8 Å². The monoisotopic (exact) mass is 506 g/mol. The normalized spacial score (nSPS) is 21.2. The molecule has 2 aliphatic heterocycles. The third-order valence-corrected chi connectivity index (χ3v) is 7.68. The Morgan fingerprint density at radius 2 is 2.08 bits per heavy atom. The maximum Gasteiger partial charge on any atom is 0.254 e. The molecule has 0 radical (unpaired) electrons. The van der Waals surface area contributed by atoms with Crippen molar-refractivity contribution in [2.24, 2.45) is 0 Å². The standard InChI is InChI=1S/C26H31FN8O2/c1-3-20-24-32-29-15-34(24)21-13-28-26(31-23(21)35(20)18-6-4-5-7-18)30-19-9-8-16(12-22(19)37-2)25(36)33-11-10-17(27)14-33/h8-9,12-13,15,17-18,20H,3-7,10-11,14H2,1-2H3,(H,28,30,31). The van der Waals surface area contributed by atoms with Gasteiger partial charge < -0.3 is 19.9 Å². The van der Waals surface area contributed by atoms with Crippen molar-refractivity contribution in [1.29, 1.82) is 0 Å². The lowest BCUT2D eigenvalue weighted by Gasteiger charge is -2.40. The van der Waals surface area contributed by atoms with E-state index in [1.807, 2.05) is 4.57 Å². The van der Waals surface area contributed by atoms with Gasteiger partial charge in [-0.3, -0.25) is 9.36 Å². The highest BCUT2D eigenvalue weighted by Crippen LogP contribution is 2.43. The zero-order chi connectivity index (χ0) is 25.5. The van der Waals surface area contributed by atoms with Gasteiger partial charge in [0.05, 0.1) is 31.6 Å². The van der Waals surface area contributed by atoms with E-state index in [2.05, 4.69) is 32.3 Å². The number of nitrogens with zero attached hydrogens (tertiary/aromatic N) is 7. The number of benzene rings is 1. The van der Waals surface area contributed by atoms with Crippen molar-refractivity contribution in [2.45, 2.75) is 63.7 Å². The summed E-state index contributed by atoms with van der Waals surface area (Å²) in [5.41, 5.74) is 1.97. The molecule has 2 atom stereocenters. The van der Waals surface area contributed by atoms with Gasteiger partial charge in [0.2, 0.25) is 5.95 Å². The lowest BCUT2D eigenvalue weighted by molar-refractivity contribution is 0.0782. The van der Waals surface area contributed by atoms with Crippen molar-refractivity contribution in [1.82, 2.24) is 29.6 Å². The van der Waals surface area contributed by atoms with Gasteiger partial charge in [-0.05, 0) is 43.9 Å². The van der Waals surface area contributed by atoms with Crippen LogP contribution in [0.2, 0.25) is 0 Å². The lowest BCUT2D eigenvalue weighted by Crippen LogP contribution is -2.42. The topological polar surface area (TPSA) is 101 Å². The largest absolute Gasteiger partial charge is 0.495 e. The van der Waals surface area contributed by atoms with Crippen LogP contribution in [0.1, 0.15) is 67.7 Å². The number of nitrogens with one attached hydrogen (secondary N) is 1. The minimum absolute atomic E-state index is 0.0928. The second-order valence-corrected chi connectivity index (χ2v) is 9.91. The second-order valence-electron chi connectivity index (χ2n) is 9.91. The number of ether oxygens (including phenoxy) is 1. The number of carbonyl (C=O) groups is 1. The fourth-order valence-corrected chi connectivity index (χ4v) is 5.84. The van der Waals surface area contributed by atoms with Crippen LogP contribution in [0.15, 0.2) is 30.7 Å². The zero-order valence-corrected chi connectivity index (χ0v) is 21.1. The first-order valence-corrected chi connectivity index (χ1v) is 13.0. The summed E-state index contributed by atoms with van der Waals surface area (Å²) < 4.78 is 21.2. The molecule has 1 aliphatic carbocycles. The molecule has 2 aromatic heterocycles. The number of anilines is 3. The van der Waals surface area contributed by atoms with Gasteiger partial charge in [-0.25, -0.2) is 9.37 Å². The maximum atomic E-state index is 13.6. The van der Waals surface area contributed by atoms with E-state index < -0.39 is 6.17 Å². The number of halogens is 1. The number of rotatable bonds is 6. The number of hydrogen-bond acceptors (Lipinski definition) is 8. The molecular weight excluding hydrogens is 475 g/mol. The number of amides is 1. The third-order valence-electron chi connectivity index (χ3n) is 7.68. The molecule has 1 saturated carbocycles. The van der Waals surface area contributed by atoms with E-state index in [-0.39, 0.29) is 18.5 Å². The molecule has 2 fully saturated rings. The number of likely N-dealkylation sites (tertiary alicyclic amines) is 1. The predicted molar refractivity (Wildman–Crippen MR) is 136 cm³/mol. The number of methoxy groups -OCH3 is 1. The van der Waals surface area contributed by atoms with E-state index in [0.29, 0.717) is 42.0 Å². The molecule has 194 valence electrons. The van der Waals surface area contributed by atoms with Crippen LogP contribution in [0.5, 0.6) is 5.75 Å². The molecule has 1 N–H and O–H groups in total. The van der Waals surface area contributed by atoms with Crippen molar-refractivity contribution in [3.63, 3.8) is 0 Å². The maximum absolute atomic E-state index is 13.6. The molecule has 11 heteroatoms. The molecule has 1 amide bonds.